The fourth-order valence-electron chi connectivity index (χ4n) is 2.65. The molecule has 3 aromatic carbocycles. The van der Waals surface area contributed by atoms with Crippen LogP contribution in [0.5, 0.6) is 5.75 Å². The third kappa shape index (κ3) is 6.08. The van der Waals surface area contributed by atoms with Crippen LogP contribution in [0.2, 0.25) is 0 Å². The molecule has 0 heterocycles. The number of nitrogens with zero attached hydrogens (tertiary/aromatic N) is 3. The maximum atomic E-state index is 12.6. The second-order valence-corrected chi connectivity index (χ2v) is 8.23. The van der Waals surface area contributed by atoms with Gasteiger partial charge in [0.05, 0.1) is 36.6 Å². The van der Waals surface area contributed by atoms with Gasteiger partial charge in [-0.1, -0.05) is 18.2 Å². The highest BCUT2D eigenvalue weighted by Crippen LogP contribution is 2.35. The van der Waals surface area contributed by atoms with Crippen molar-refractivity contribution in [3.8, 4) is 5.75 Å². The van der Waals surface area contributed by atoms with Gasteiger partial charge in [-0.2, -0.15) is 5.10 Å². The summed E-state index contributed by atoms with van der Waals surface area (Å²) in [6.45, 7) is 0. The monoisotopic (exact) mass is 590 g/mol. The van der Waals surface area contributed by atoms with E-state index in [0.717, 1.165) is 18.2 Å². The van der Waals surface area contributed by atoms with Gasteiger partial charge >= 0.3 is 5.97 Å². The number of amides is 1. The maximum Gasteiger partial charge on any atom is 0.344 e. The predicted octanol–water partition coefficient (Wildman–Crippen LogP) is 5.01. The van der Waals surface area contributed by atoms with Crippen LogP contribution in [0.1, 0.15) is 26.3 Å². The van der Waals surface area contributed by atoms with Crippen LogP contribution in [0.15, 0.2) is 74.7 Å². The molecule has 0 saturated carbocycles. The predicted molar refractivity (Wildman–Crippen MR) is 128 cm³/mol. The number of non-ortho nitro benzene ring substituents is 2. The summed E-state index contributed by atoms with van der Waals surface area (Å²) in [7, 11) is 0. The largest absolute Gasteiger partial charge is 0.420 e. The minimum atomic E-state index is -1.04. The summed E-state index contributed by atoms with van der Waals surface area (Å²) in [5, 5.41) is 26.0. The SMILES string of the molecule is O=C(NN=Cc1cc(Br)c(OC(=O)c2cc([N+](=O)[O-])cc([N+](=O)[O-])c2)c(Br)c1)c1ccccc1. The van der Waals surface area contributed by atoms with Crippen LogP contribution < -0.4 is 10.2 Å². The number of nitro groups is 2. The first-order valence-electron chi connectivity index (χ1n) is 9.19. The number of nitrogens with one attached hydrogen (secondary N) is 1. The van der Waals surface area contributed by atoms with Crippen molar-refractivity contribution in [1.29, 1.82) is 0 Å². The molecule has 34 heavy (non-hydrogen) atoms. The van der Waals surface area contributed by atoms with Crippen molar-refractivity contribution in [3.05, 3.63) is 107 Å². The number of hydrogen-bond acceptors (Lipinski definition) is 8. The van der Waals surface area contributed by atoms with Gasteiger partial charge in [-0.05, 0) is 61.7 Å². The summed E-state index contributed by atoms with van der Waals surface area (Å²) >= 11 is 6.52. The van der Waals surface area contributed by atoms with Crippen LogP contribution in [-0.4, -0.2) is 27.9 Å². The van der Waals surface area contributed by atoms with Crippen LogP contribution in [0.25, 0.3) is 0 Å². The van der Waals surface area contributed by atoms with Crippen molar-refractivity contribution < 1.29 is 24.2 Å². The van der Waals surface area contributed by atoms with E-state index < -0.39 is 33.1 Å². The fraction of sp³-hybridized carbons (Fsp3) is 0. The van der Waals surface area contributed by atoms with Gasteiger partial charge in [0, 0.05) is 17.7 Å². The van der Waals surface area contributed by atoms with Gasteiger partial charge in [-0.3, -0.25) is 25.0 Å². The number of carbonyl (C=O) groups excluding carboxylic acids is 2. The molecule has 0 spiro atoms. The number of benzene rings is 3. The summed E-state index contributed by atoms with van der Waals surface area (Å²) in [6, 6.07) is 14.1. The number of nitro benzene ring substituents is 2. The smallest absolute Gasteiger partial charge is 0.344 e. The van der Waals surface area contributed by atoms with Crippen LogP contribution in [0, 0.1) is 20.2 Å². The second kappa shape index (κ2) is 10.8. The molecule has 0 aliphatic carbocycles. The first-order valence-corrected chi connectivity index (χ1v) is 10.8. The number of esters is 1. The van der Waals surface area contributed by atoms with Gasteiger partial charge < -0.3 is 4.74 Å². The van der Waals surface area contributed by atoms with E-state index in [9.17, 15) is 29.8 Å². The molecular formula is C21H12Br2N4O7. The first kappa shape index (κ1) is 24.7. The molecule has 0 bridgehead atoms. The molecule has 13 heteroatoms. The number of halogens is 2. The lowest BCUT2D eigenvalue weighted by molar-refractivity contribution is -0.394. The van der Waals surface area contributed by atoms with Gasteiger partial charge in [-0.15, -0.1) is 0 Å². The molecular weight excluding hydrogens is 580 g/mol. The topological polar surface area (TPSA) is 154 Å². The van der Waals surface area contributed by atoms with Crippen LogP contribution in [0.4, 0.5) is 11.4 Å². The average molecular weight is 592 g/mol. The summed E-state index contributed by atoms with van der Waals surface area (Å²) in [5.74, 6) is -1.40. The Kier molecular flexibility index (Phi) is 7.81. The van der Waals surface area contributed by atoms with Gasteiger partial charge in [0.2, 0.25) is 0 Å². The van der Waals surface area contributed by atoms with E-state index in [1.807, 2.05) is 0 Å². The normalized spacial score (nSPS) is 10.6. The van der Waals surface area contributed by atoms with E-state index in [-0.39, 0.29) is 11.3 Å². The summed E-state index contributed by atoms with van der Waals surface area (Å²) in [4.78, 5) is 45.0. The van der Waals surface area contributed by atoms with Crippen LogP contribution in [0.3, 0.4) is 0 Å². The standard InChI is InChI=1S/C21H12Br2N4O7/c22-17-6-12(11-24-25-20(28)13-4-2-1-3-5-13)7-18(23)19(17)34-21(29)14-8-15(26(30)31)10-16(9-14)27(32)33/h1-11H,(H,25,28). The number of hydrazone groups is 1. The molecule has 0 unspecified atom stereocenters. The van der Waals surface area contributed by atoms with E-state index in [1.54, 1.807) is 42.5 Å². The number of rotatable bonds is 7. The minimum Gasteiger partial charge on any atom is -0.420 e. The summed E-state index contributed by atoms with van der Waals surface area (Å²) in [6.07, 6.45) is 1.37. The lowest BCUT2D eigenvalue weighted by Crippen LogP contribution is -2.17. The minimum absolute atomic E-state index is 0.0321. The van der Waals surface area contributed by atoms with Crippen molar-refractivity contribution in [2.45, 2.75) is 0 Å². The summed E-state index contributed by atoms with van der Waals surface area (Å²) < 4.78 is 5.92. The van der Waals surface area contributed by atoms with Crippen molar-refractivity contribution in [2.75, 3.05) is 0 Å². The lowest BCUT2D eigenvalue weighted by Gasteiger charge is -2.10. The molecule has 0 atom stereocenters. The van der Waals surface area contributed by atoms with E-state index in [2.05, 4.69) is 42.4 Å². The Hall–Kier alpha value is -3.97. The molecule has 0 aliphatic rings. The first-order chi connectivity index (χ1) is 16.2. The summed E-state index contributed by atoms with van der Waals surface area (Å²) in [5.41, 5.74) is 1.74. The highest BCUT2D eigenvalue weighted by Gasteiger charge is 2.22. The molecule has 0 aliphatic heterocycles. The van der Waals surface area contributed by atoms with Gasteiger partial charge in [0.1, 0.15) is 0 Å². The van der Waals surface area contributed by atoms with Crippen molar-refractivity contribution in [1.82, 2.24) is 5.43 Å². The Morgan fingerprint density at radius 1 is 0.882 bits per heavy atom. The molecule has 0 saturated heterocycles. The van der Waals surface area contributed by atoms with Crippen molar-refractivity contribution >= 4 is 61.3 Å². The van der Waals surface area contributed by atoms with Gasteiger partial charge in [0.25, 0.3) is 17.3 Å². The van der Waals surface area contributed by atoms with Crippen molar-refractivity contribution in [3.63, 3.8) is 0 Å². The van der Waals surface area contributed by atoms with E-state index in [4.69, 9.17) is 4.74 Å². The van der Waals surface area contributed by atoms with E-state index >= 15 is 0 Å². The molecule has 0 aromatic heterocycles. The zero-order valence-corrected chi connectivity index (χ0v) is 20.0. The Morgan fingerprint density at radius 2 is 1.44 bits per heavy atom. The molecule has 1 amide bonds. The quantitative estimate of drug-likeness (QED) is 0.133. The van der Waals surface area contributed by atoms with E-state index in [0.29, 0.717) is 20.1 Å². The third-order valence-electron chi connectivity index (χ3n) is 4.19. The molecule has 0 fully saturated rings. The zero-order chi connectivity index (χ0) is 24.8. The Labute approximate surface area is 208 Å². The highest BCUT2D eigenvalue weighted by atomic mass is 79.9. The van der Waals surface area contributed by atoms with Gasteiger partial charge in [-0.25, -0.2) is 10.2 Å². The molecule has 3 rings (SSSR count). The average Bonchev–Trinajstić information content (AvgIpc) is 2.81. The van der Waals surface area contributed by atoms with Crippen molar-refractivity contribution in [2.24, 2.45) is 5.10 Å². The van der Waals surface area contributed by atoms with Gasteiger partial charge in [0.15, 0.2) is 5.75 Å². The number of hydrogen-bond donors (Lipinski definition) is 1. The second-order valence-electron chi connectivity index (χ2n) is 6.52. The zero-order valence-electron chi connectivity index (χ0n) is 16.8. The molecule has 1 N–H and O–H groups in total. The Morgan fingerprint density at radius 3 is 1.97 bits per heavy atom. The fourth-order valence-corrected chi connectivity index (χ4v) is 4.03. The molecule has 0 radical (unpaired) electrons. The molecule has 172 valence electrons. The number of ether oxygens (including phenoxy) is 1. The maximum absolute atomic E-state index is 12.6. The molecule has 3 aromatic rings. The number of carbonyl (C=O) groups is 2. The highest BCUT2D eigenvalue weighted by molar-refractivity contribution is 9.11. The third-order valence-corrected chi connectivity index (χ3v) is 5.37. The molecule has 11 nitrogen and oxygen atoms in total. The Bertz CT molecular complexity index is 1270. The Balaban J connectivity index is 1.78. The van der Waals surface area contributed by atoms with Crippen LogP contribution in [-0.2, 0) is 0 Å². The lowest BCUT2D eigenvalue weighted by atomic mass is 10.1. The van der Waals surface area contributed by atoms with Crippen LogP contribution >= 0.6 is 31.9 Å². The van der Waals surface area contributed by atoms with E-state index in [1.165, 1.54) is 6.21 Å².